The molecule has 4 nitrogen and oxygen atoms in total. The lowest BCUT2D eigenvalue weighted by Crippen LogP contribution is -2.01. The van der Waals surface area contributed by atoms with Crippen LogP contribution in [0.2, 0.25) is 0 Å². The number of hydrogen-bond acceptors (Lipinski definition) is 4. The summed E-state index contributed by atoms with van der Waals surface area (Å²) in [5, 5.41) is 0. The Labute approximate surface area is 93.9 Å². The highest BCUT2D eigenvalue weighted by Crippen LogP contribution is 2.21. The first-order valence-electron chi connectivity index (χ1n) is 4.93. The standard InChI is InChI=1S/C12H13N3O/c13-10-4-2-1-3-9(10)8-16-12-7-15-6-5-11(12)14/h1-7H,8,13H2,(H2,14,15). The molecule has 4 N–H and O–H groups in total. The number of nitrogens with zero attached hydrogens (tertiary/aromatic N) is 1. The molecular formula is C12H13N3O. The van der Waals surface area contributed by atoms with Crippen molar-refractivity contribution in [2.24, 2.45) is 0 Å². The third-order valence-electron chi connectivity index (χ3n) is 2.25. The smallest absolute Gasteiger partial charge is 0.160 e. The molecule has 2 rings (SSSR count). The Morgan fingerprint density at radius 2 is 1.88 bits per heavy atom. The van der Waals surface area contributed by atoms with Crippen LogP contribution in [-0.2, 0) is 6.61 Å². The minimum atomic E-state index is 0.391. The van der Waals surface area contributed by atoms with E-state index in [2.05, 4.69) is 4.98 Å². The van der Waals surface area contributed by atoms with E-state index < -0.39 is 0 Å². The van der Waals surface area contributed by atoms with Crippen molar-refractivity contribution in [3.63, 3.8) is 0 Å². The van der Waals surface area contributed by atoms with E-state index in [1.165, 1.54) is 0 Å². The molecule has 0 fully saturated rings. The fourth-order valence-electron chi connectivity index (χ4n) is 1.33. The molecule has 0 spiro atoms. The quantitative estimate of drug-likeness (QED) is 0.766. The molecule has 1 aromatic heterocycles. The number of para-hydroxylation sites is 1. The lowest BCUT2D eigenvalue weighted by atomic mass is 10.2. The SMILES string of the molecule is Nc1ccccc1COc1cnccc1N. The molecular weight excluding hydrogens is 202 g/mol. The van der Waals surface area contributed by atoms with E-state index in [-0.39, 0.29) is 0 Å². The first-order valence-corrected chi connectivity index (χ1v) is 4.93. The van der Waals surface area contributed by atoms with E-state index in [0.717, 1.165) is 5.56 Å². The Morgan fingerprint density at radius 3 is 2.62 bits per heavy atom. The van der Waals surface area contributed by atoms with Crippen molar-refractivity contribution in [3.05, 3.63) is 48.3 Å². The summed E-state index contributed by atoms with van der Waals surface area (Å²) in [6.45, 7) is 0.391. The third-order valence-corrected chi connectivity index (χ3v) is 2.25. The molecule has 0 radical (unpaired) electrons. The molecule has 0 unspecified atom stereocenters. The van der Waals surface area contributed by atoms with Gasteiger partial charge in [0, 0.05) is 17.4 Å². The number of rotatable bonds is 3. The van der Waals surface area contributed by atoms with Gasteiger partial charge in [0.25, 0.3) is 0 Å². The summed E-state index contributed by atoms with van der Waals surface area (Å²) >= 11 is 0. The van der Waals surface area contributed by atoms with Gasteiger partial charge in [0.2, 0.25) is 0 Å². The van der Waals surface area contributed by atoms with E-state index in [4.69, 9.17) is 16.2 Å². The highest BCUT2D eigenvalue weighted by atomic mass is 16.5. The monoisotopic (exact) mass is 215 g/mol. The van der Waals surface area contributed by atoms with Crippen LogP contribution in [-0.4, -0.2) is 4.98 Å². The summed E-state index contributed by atoms with van der Waals surface area (Å²) in [5.41, 5.74) is 13.7. The van der Waals surface area contributed by atoms with E-state index in [0.29, 0.717) is 23.7 Å². The summed E-state index contributed by atoms with van der Waals surface area (Å²) < 4.78 is 5.54. The predicted octanol–water partition coefficient (Wildman–Crippen LogP) is 1.82. The second-order valence-corrected chi connectivity index (χ2v) is 3.40. The summed E-state index contributed by atoms with van der Waals surface area (Å²) in [5.74, 6) is 0.575. The van der Waals surface area contributed by atoms with Gasteiger partial charge in [-0.05, 0) is 12.1 Å². The van der Waals surface area contributed by atoms with Crippen LogP contribution in [0.5, 0.6) is 5.75 Å². The highest BCUT2D eigenvalue weighted by molar-refractivity contribution is 5.51. The number of nitrogen functional groups attached to an aromatic ring is 2. The van der Waals surface area contributed by atoms with Crippen LogP contribution >= 0.6 is 0 Å². The summed E-state index contributed by atoms with van der Waals surface area (Å²) in [4.78, 5) is 3.94. The zero-order chi connectivity index (χ0) is 11.4. The molecule has 0 saturated carbocycles. The van der Waals surface area contributed by atoms with E-state index in [1.807, 2.05) is 24.3 Å². The Bertz CT molecular complexity index is 440. The third kappa shape index (κ3) is 2.23. The number of anilines is 2. The zero-order valence-electron chi connectivity index (χ0n) is 8.76. The van der Waals surface area contributed by atoms with Crippen LogP contribution in [0.15, 0.2) is 42.7 Å². The molecule has 0 saturated heterocycles. The Hall–Kier alpha value is -2.23. The van der Waals surface area contributed by atoms with E-state index in [1.54, 1.807) is 18.5 Å². The first kappa shape index (κ1) is 10.3. The molecule has 0 amide bonds. The number of aromatic nitrogens is 1. The van der Waals surface area contributed by atoms with Gasteiger partial charge in [-0.15, -0.1) is 0 Å². The van der Waals surface area contributed by atoms with Gasteiger partial charge >= 0.3 is 0 Å². The van der Waals surface area contributed by atoms with Gasteiger partial charge in [0.1, 0.15) is 6.61 Å². The van der Waals surface area contributed by atoms with Crippen LogP contribution in [0.3, 0.4) is 0 Å². The Morgan fingerprint density at radius 1 is 1.06 bits per heavy atom. The average molecular weight is 215 g/mol. The van der Waals surface area contributed by atoms with E-state index in [9.17, 15) is 0 Å². The first-order chi connectivity index (χ1) is 7.77. The van der Waals surface area contributed by atoms with Crippen LogP contribution in [0.4, 0.5) is 11.4 Å². The fraction of sp³-hybridized carbons (Fsp3) is 0.0833. The van der Waals surface area contributed by atoms with E-state index >= 15 is 0 Å². The van der Waals surface area contributed by atoms with Crippen molar-refractivity contribution in [1.29, 1.82) is 0 Å². The molecule has 2 aromatic rings. The van der Waals surface area contributed by atoms with Gasteiger partial charge in [-0.25, -0.2) is 0 Å². The molecule has 0 aliphatic heterocycles. The van der Waals surface area contributed by atoms with Crippen molar-refractivity contribution in [1.82, 2.24) is 4.98 Å². The molecule has 1 aromatic carbocycles. The lowest BCUT2D eigenvalue weighted by Gasteiger charge is -2.09. The molecule has 0 aliphatic carbocycles. The number of benzene rings is 1. The van der Waals surface area contributed by atoms with Crippen molar-refractivity contribution in [2.75, 3.05) is 11.5 Å². The highest BCUT2D eigenvalue weighted by Gasteiger charge is 2.02. The maximum Gasteiger partial charge on any atom is 0.160 e. The van der Waals surface area contributed by atoms with Gasteiger partial charge in [0.15, 0.2) is 5.75 Å². The molecule has 1 heterocycles. The van der Waals surface area contributed by atoms with Crippen LogP contribution < -0.4 is 16.2 Å². The molecule has 0 bridgehead atoms. The normalized spacial score (nSPS) is 10.0. The lowest BCUT2D eigenvalue weighted by molar-refractivity contribution is 0.307. The topological polar surface area (TPSA) is 74.2 Å². The number of pyridine rings is 1. The number of hydrogen-bond donors (Lipinski definition) is 2. The zero-order valence-corrected chi connectivity index (χ0v) is 8.76. The van der Waals surface area contributed by atoms with Crippen LogP contribution in [0.25, 0.3) is 0 Å². The van der Waals surface area contributed by atoms with Crippen LogP contribution in [0, 0.1) is 0 Å². The van der Waals surface area contributed by atoms with Gasteiger partial charge in [-0.3, -0.25) is 4.98 Å². The fourth-order valence-corrected chi connectivity index (χ4v) is 1.33. The Kier molecular flexibility index (Phi) is 2.91. The largest absolute Gasteiger partial charge is 0.485 e. The van der Waals surface area contributed by atoms with Gasteiger partial charge in [-0.1, -0.05) is 18.2 Å². The molecule has 16 heavy (non-hydrogen) atoms. The van der Waals surface area contributed by atoms with Crippen molar-refractivity contribution >= 4 is 11.4 Å². The van der Waals surface area contributed by atoms with Gasteiger partial charge < -0.3 is 16.2 Å². The van der Waals surface area contributed by atoms with Crippen LogP contribution in [0.1, 0.15) is 5.56 Å². The van der Waals surface area contributed by atoms with Gasteiger partial charge in [0.05, 0.1) is 11.9 Å². The summed E-state index contributed by atoms with van der Waals surface area (Å²) in [6.07, 6.45) is 3.22. The molecule has 0 aliphatic rings. The minimum absolute atomic E-state index is 0.391. The van der Waals surface area contributed by atoms with Gasteiger partial charge in [-0.2, -0.15) is 0 Å². The Balaban J connectivity index is 2.09. The average Bonchev–Trinajstić information content (AvgIpc) is 2.30. The minimum Gasteiger partial charge on any atom is -0.485 e. The second kappa shape index (κ2) is 4.53. The second-order valence-electron chi connectivity index (χ2n) is 3.40. The van der Waals surface area contributed by atoms with Crippen molar-refractivity contribution < 1.29 is 4.74 Å². The number of ether oxygens (including phenoxy) is 1. The maximum absolute atomic E-state index is 5.80. The summed E-state index contributed by atoms with van der Waals surface area (Å²) in [6, 6.07) is 9.26. The molecule has 82 valence electrons. The maximum atomic E-state index is 5.80. The predicted molar refractivity (Wildman–Crippen MR) is 63.8 cm³/mol. The van der Waals surface area contributed by atoms with Crippen molar-refractivity contribution in [3.8, 4) is 5.75 Å². The molecule has 0 atom stereocenters. The summed E-state index contributed by atoms with van der Waals surface area (Å²) in [7, 11) is 0. The number of nitrogens with two attached hydrogens (primary N) is 2. The van der Waals surface area contributed by atoms with Crippen molar-refractivity contribution in [2.45, 2.75) is 6.61 Å². The molecule has 4 heteroatoms.